The Morgan fingerprint density at radius 3 is 2.48 bits per heavy atom. The van der Waals surface area contributed by atoms with Crippen LogP contribution in [0.1, 0.15) is 44.5 Å². The summed E-state index contributed by atoms with van der Waals surface area (Å²) in [4.78, 5) is 28.7. The molecule has 1 aromatic rings. The second kappa shape index (κ2) is 7.18. The van der Waals surface area contributed by atoms with Gasteiger partial charge in [0.2, 0.25) is 0 Å². The fourth-order valence-corrected chi connectivity index (χ4v) is 4.77. The molecule has 2 aliphatic rings. The highest BCUT2D eigenvalue weighted by molar-refractivity contribution is 6.74. The van der Waals surface area contributed by atoms with Gasteiger partial charge in [0.25, 0.3) is 5.91 Å². The van der Waals surface area contributed by atoms with E-state index in [1.54, 1.807) is 23.1 Å². The van der Waals surface area contributed by atoms with Crippen LogP contribution in [0.3, 0.4) is 0 Å². The minimum absolute atomic E-state index is 0.109. The molecule has 2 amide bonds. The van der Waals surface area contributed by atoms with Gasteiger partial charge in [0.15, 0.2) is 14.5 Å². The molecule has 158 valence electrons. The van der Waals surface area contributed by atoms with Gasteiger partial charge in [-0.3, -0.25) is 4.79 Å². The topological polar surface area (TPSA) is 79.3 Å². The molecule has 29 heavy (non-hydrogen) atoms. The number of hydrogen-bond acceptors (Lipinski definition) is 4. The van der Waals surface area contributed by atoms with Gasteiger partial charge in [-0.15, -0.1) is 0 Å². The number of benzene rings is 1. The Morgan fingerprint density at radius 2 is 1.93 bits per heavy atom. The molecule has 0 aromatic heterocycles. The molecule has 1 N–H and O–H groups in total. The largest absolute Gasteiger partial charge is 0.497 e. The quantitative estimate of drug-likeness (QED) is 0.722. The molecule has 2 unspecified atom stereocenters. The van der Waals surface area contributed by atoms with Crippen LogP contribution in [0.15, 0.2) is 30.0 Å². The number of fused-ring (bicyclic) bond motifs is 2. The summed E-state index contributed by atoms with van der Waals surface area (Å²) in [6, 6.07) is 4.48. The monoisotopic (exact) mass is 418 g/mol. The maximum Gasteiger partial charge on any atom is 0.414 e. The van der Waals surface area contributed by atoms with E-state index < -0.39 is 26.7 Å². The van der Waals surface area contributed by atoms with Gasteiger partial charge in [-0.25, -0.2) is 9.69 Å². The zero-order valence-corrected chi connectivity index (χ0v) is 19.1. The van der Waals surface area contributed by atoms with Crippen molar-refractivity contribution < 1.29 is 23.9 Å². The molecule has 2 aliphatic heterocycles. The zero-order chi connectivity index (χ0) is 21.7. The Bertz CT molecular complexity index is 874. The lowest BCUT2D eigenvalue weighted by molar-refractivity contribution is 0.0603. The summed E-state index contributed by atoms with van der Waals surface area (Å²) < 4.78 is 11.9. The Morgan fingerprint density at radius 1 is 1.28 bits per heavy atom. The number of hydrogen-bond donors (Lipinski definition) is 1. The first-order valence-corrected chi connectivity index (χ1v) is 12.7. The molecule has 7 nitrogen and oxygen atoms in total. The fourth-order valence-electron chi connectivity index (χ4n) is 3.56. The third-order valence-corrected chi connectivity index (χ3v) is 10.6. The van der Waals surface area contributed by atoms with Crippen LogP contribution in [0.4, 0.5) is 10.5 Å². The molecule has 0 fully saturated rings. The molecule has 1 aromatic carbocycles. The normalized spacial score (nSPS) is 22.0. The summed E-state index contributed by atoms with van der Waals surface area (Å²) in [5.41, 5.74) is 1.64. The first-order chi connectivity index (χ1) is 13.4. The van der Waals surface area contributed by atoms with E-state index in [9.17, 15) is 14.7 Å². The van der Waals surface area contributed by atoms with E-state index in [-0.39, 0.29) is 10.9 Å². The number of carbonyl (C=O) groups excluding carboxylic acids is 1. The lowest BCUT2D eigenvalue weighted by Gasteiger charge is -2.44. The molecular weight excluding hydrogens is 388 g/mol. The van der Waals surface area contributed by atoms with Crippen molar-refractivity contribution in [2.24, 2.45) is 0 Å². The van der Waals surface area contributed by atoms with Crippen LogP contribution >= 0.6 is 0 Å². The highest BCUT2D eigenvalue weighted by Crippen LogP contribution is 2.43. The summed E-state index contributed by atoms with van der Waals surface area (Å²) in [6.07, 6.45) is 0.448. The third-order valence-electron chi connectivity index (χ3n) is 6.19. The van der Waals surface area contributed by atoms with Gasteiger partial charge in [0, 0.05) is 6.20 Å². The van der Waals surface area contributed by atoms with Crippen molar-refractivity contribution >= 4 is 26.0 Å². The summed E-state index contributed by atoms with van der Waals surface area (Å²) in [6.45, 7) is 12.5. The molecule has 2 atom stereocenters. The van der Waals surface area contributed by atoms with E-state index in [0.29, 0.717) is 23.4 Å². The SMILES string of the molecule is COc1ccc2c(c1)C(=O)N1C=C(C)CC1C(O[Si](C)(C)C(C)(C)C)N2C(=O)O. The van der Waals surface area contributed by atoms with Crippen LogP contribution in [0.5, 0.6) is 5.75 Å². The van der Waals surface area contributed by atoms with Crippen molar-refractivity contribution in [2.45, 2.75) is 64.5 Å². The number of carboxylic acid groups (broad SMARTS) is 1. The van der Waals surface area contributed by atoms with E-state index in [0.717, 1.165) is 5.57 Å². The summed E-state index contributed by atoms with van der Waals surface area (Å²) in [7, 11) is -0.818. The van der Waals surface area contributed by atoms with E-state index in [1.807, 2.05) is 13.1 Å². The number of amides is 2. The van der Waals surface area contributed by atoms with Crippen molar-refractivity contribution in [1.82, 2.24) is 4.90 Å². The van der Waals surface area contributed by atoms with Gasteiger partial charge in [0.1, 0.15) is 5.75 Å². The number of methoxy groups -OCH3 is 1. The number of carbonyl (C=O) groups is 2. The summed E-state index contributed by atoms with van der Waals surface area (Å²) in [5, 5.41) is 10.1. The lowest BCUT2D eigenvalue weighted by atomic mass is 10.1. The van der Waals surface area contributed by atoms with Crippen molar-refractivity contribution in [3.05, 3.63) is 35.5 Å². The predicted octanol–water partition coefficient (Wildman–Crippen LogP) is 4.66. The van der Waals surface area contributed by atoms with Gasteiger partial charge in [-0.2, -0.15) is 0 Å². The maximum absolute atomic E-state index is 13.4. The van der Waals surface area contributed by atoms with Crippen molar-refractivity contribution in [2.75, 3.05) is 12.0 Å². The Hall–Kier alpha value is -2.32. The second-order valence-corrected chi connectivity index (χ2v) is 14.0. The number of ether oxygens (including phenoxy) is 1. The molecule has 2 heterocycles. The molecule has 0 saturated carbocycles. The van der Waals surface area contributed by atoms with Gasteiger partial charge < -0.3 is 19.2 Å². The first kappa shape index (κ1) is 21.4. The van der Waals surface area contributed by atoms with Crippen LogP contribution in [0.2, 0.25) is 18.1 Å². The van der Waals surface area contributed by atoms with Crippen molar-refractivity contribution in [1.29, 1.82) is 0 Å². The minimum atomic E-state index is -2.34. The number of rotatable bonds is 3. The van der Waals surface area contributed by atoms with Crippen molar-refractivity contribution in [3.8, 4) is 5.75 Å². The molecule has 0 aliphatic carbocycles. The average molecular weight is 419 g/mol. The zero-order valence-electron chi connectivity index (χ0n) is 18.1. The van der Waals surface area contributed by atoms with Crippen LogP contribution in [-0.2, 0) is 4.43 Å². The van der Waals surface area contributed by atoms with Crippen molar-refractivity contribution in [3.63, 3.8) is 0 Å². The van der Waals surface area contributed by atoms with Gasteiger partial charge >= 0.3 is 6.09 Å². The number of anilines is 1. The predicted molar refractivity (Wildman–Crippen MR) is 114 cm³/mol. The highest BCUT2D eigenvalue weighted by Gasteiger charge is 2.49. The Balaban J connectivity index is 2.20. The highest BCUT2D eigenvalue weighted by atomic mass is 28.4. The molecule has 0 radical (unpaired) electrons. The van der Waals surface area contributed by atoms with Crippen LogP contribution in [0, 0.1) is 0 Å². The molecule has 0 bridgehead atoms. The van der Waals surface area contributed by atoms with Crippen LogP contribution in [0.25, 0.3) is 0 Å². The average Bonchev–Trinajstić information content (AvgIpc) is 2.97. The third kappa shape index (κ3) is 3.66. The molecule has 0 saturated heterocycles. The number of nitrogens with zero attached hydrogens (tertiary/aromatic N) is 2. The Labute approximate surface area is 173 Å². The van der Waals surface area contributed by atoms with Gasteiger partial charge in [-0.1, -0.05) is 26.3 Å². The standard InChI is InChI=1S/C21H30N2O5Si/c1-13-10-17-19(28-29(6,7)21(2,3)4)23(20(25)26)16-9-8-14(27-5)11-15(16)18(24)22(17)12-13/h8-9,11-12,17,19H,10H2,1-7H3,(H,25,26). The van der Waals surface area contributed by atoms with Crippen LogP contribution < -0.4 is 9.64 Å². The minimum Gasteiger partial charge on any atom is -0.497 e. The smallest absolute Gasteiger partial charge is 0.414 e. The maximum atomic E-state index is 13.4. The van der Waals surface area contributed by atoms with Gasteiger partial charge in [-0.05, 0) is 49.7 Å². The first-order valence-electron chi connectivity index (χ1n) is 9.75. The molecule has 0 spiro atoms. The molecule has 3 rings (SSSR count). The van der Waals surface area contributed by atoms with E-state index in [4.69, 9.17) is 9.16 Å². The second-order valence-electron chi connectivity index (χ2n) is 9.26. The fraction of sp³-hybridized carbons (Fsp3) is 0.524. The summed E-state index contributed by atoms with van der Waals surface area (Å²) in [5.74, 6) is 0.260. The van der Waals surface area contributed by atoms with E-state index >= 15 is 0 Å². The lowest BCUT2D eigenvalue weighted by Crippen LogP contribution is -2.57. The van der Waals surface area contributed by atoms with E-state index in [2.05, 4.69) is 33.9 Å². The summed E-state index contributed by atoms with van der Waals surface area (Å²) >= 11 is 0. The van der Waals surface area contributed by atoms with E-state index in [1.165, 1.54) is 12.0 Å². The Kier molecular flexibility index (Phi) is 5.29. The molecule has 8 heteroatoms. The van der Waals surface area contributed by atoms with Gasteiger partial charge in [0.05, 0.1) is 24.4 Å². The van der Waals surface area contributed by atoms with Crippen LogP contribution in [-0.4, -0.2) is 49.7 Å². The molecular formula is C21H30N2O5Si.